The van der Waals surface area contributed by atoms with Crippen LogP contribution in [0, 0.1) is 0 Å². The smallest absolute Gasteiger partial charge is 0.306 e. The number of hydrogen-bond donors (Lipinski definition) is 0. The van der Waals surface area contributed by atoms with Gasteiger partial charge in [0.25, 0.3) is 0 Å². The summed E-state index contributed by atoms with van der Waals surface area (Å²) in [6, 6.07) is 0. The lowest BCUT2D eigenvalue weighted by Gasteiger charge is -2.18. The SMILES string of the molecule is CCCCCCCCC/C=C\CCCCCCCC(=O)OC(COC(=O)CCCCC/C=C\CCCCCCCCC)COC(=O)CCCCCCCCCCCCCCCCCCC. The first-order valence-electron chi connectivity index (χ1n) is 28.8. The zero-order chi connectivity index (χ0) is 47.2. The van der Waals surface area contributed by atoms with Gasteiger partial charge in [-0.15, -0.1) is 0 Å². The van der Waals surface area contributed by atoms with Crippen molar-refractivity contribution in [3.05, 3.63) is 24.3 Å². The minimum Gasteiger partial charge on any atom is -0.462 e. The second-order valence-corrected chi connectivity index (χ2v) is 19.6. The van der Waals surface area contributed by atoms with E-state index in [9.17, 15) is 14.4 Å². The van der Waals surface area contributed by atoms with Gasteiger partial charge in [-0.3, -0.25) is 14.4 Å². The first-order valence-corrected chi connectivity index (χ1v) is 28.8. The average molecular weight is 916 g/mol. The molecule has 0 saturated heterocycles. The maximum Gasteiger partial charge on any atom is 0.306 e. The molecule has 0 radical (unpaired) electrons. The number of esters is 3. The molecule has 0 spiro atoms. The van der Waals surface area contributed by atoms with Crippen LogP contribution in [0.3, 0.4) is 0 Å². The largest absolute Gasteiger partial charge is 0.462 e. The molecule has 0 rings (SSSR count). The van der Waals surface area contributed by atoms with Crippen molar-refractivity contribution in [2.75, 3.05) is 13.2 Å². The van der Waals surface area contributed by atoms with E-state index >= 15 is 0 Å². The summed E-state index contributed by atoms with van der Waals surface area (Å²) in [7, 11) is 0. The van der Waals surface area contributed by atoms with Crippen LogP contribution in [0.5, 0.6) is 0 Å². The molecule has 0 amide bonds. The van der Waals surface area contributed by atoms with Crippen molar-refractivity contribution in [3.63, 3.8) is 0 Å². The van der Waals surface area contributed by atoms with Crippen LogP contribution < -0.4 is 0 Å². The molecule has 1 unspecified atom stereocenters. The summed E-state index contributed by atoms with van der Waals surface area (Å²) in [6.07, 6.45) is 63.1. The summed E-state index contributed by atoms with van der Waals surface area (Å²) in [6.45, 7) is 6.66. The molecule has 0 aromatic carbocycles. The number of allylic oxidation sites excluding steroid dienone is 4. The van der Waals surface area contributed by atoms with Gasteiger partial charge in [0.15, 0.2) is 6.10 Å². The highest BCUT2D eigenvalue weighted by Gasteiger charge is 2.19. The van der Waals surface area contributed by atoms with Gasteiger partial charge in [0, 0.05) is 19.3 Å². The Morgan fingerprint density at radius 3 is 0.785 bits per heavy atom. The Morgan fingerprint density at radius 2 is 0.508 bits per heavy atom. The standard InChI is InChI=1S/C59H110O6/c1-4-7-10-13-16-19-22-25-28-30-32-34-37-40-43-46-49-52-58(61)64-55-56(54-63-57(60)51-48-45-42-39-36-33-27-24-21-18-15-12-9-6-3)65-59(62)53-50-47-44-41-38-35-31-29-26-23-20-17-14-11-8-5-2/h29,31,33,36,56H,4-28,30,32,34-35,37-55H2,1-3H3/b31-29-,36-33-. The normalized spacial score (nSPS) is 12.1. The third-order valence-corrected chi connectivity index (χ3v) is 12.9. The van der Waals surface area contributed by atoms with Gasteiger partial charge < -0.3 is 14.2 Å². The molecule has 6 nitrogen and oxygen atoms in total. The van der Waals surface area contributed by atoms with Crippen molar-refractivity contribution >= 4 is 17.9 Å². The van der Waals surface area contributed by atoms with Crippen LogP contribution in [0.4, 0.5) is 0 Å². The predicted molar refractivity (Wildman–Crippen MR) is 279 cm³/mol. The molecule has 0 aliphatic carbocycles. The maximum atomic E-state index is 12.8. The number of ether oxygens (including phenoxy) is 3. The third-order valence-electron chi connectivity index (χ3n) is 12.9. The van der Waals surface area contributed by atoms with Crippen LogP contribution in [0.25, 0.3) is 0 Å². The first kappa shape index (κ1) is 62.9. The molecule has 0 aromatic heterocycles. The number of rotatable bonds is 53. The number of carbonyl (C=O) groups excluding carboxylic acids is 3. The van der Waals surface area contributed by atoms with E-state index in [2.05, 4.69) is 45.1 Å². The van der Waals surface area contributed by atoms with Gasteiger partial charge >= 0.3 is 17.9 Å². The summed E-state index contributed by atoms with van der Waals surface area (Å²) < 4.78 is 16.9. The van der Waals surface area contributed by atoms with Crippen LogP contribution in [0.1, 0.15) is 316 Å². The first-order chi connectivity index (χ1) is 32.0. The van der Waals surface area contributed by atoms with Crippen molar-refractivity contribution < 1.29 is 28.6 Å². The van der Waals surface area contributed by atoms with E-state index in [0.717, 1.165) is 77.0 Å². The van der Waals surface area contributed by atoms with Crippen LogP contribution in [-0.4, -0.2) is 37.2 Å². The van der Waals surface area contributed by atoms with Gasteiger partial charge in [-0.1, -0.05) is 251 Å². The quantitative estimate of drug-likeness (QED) is 0.0262. The van der Waals surface area contributed by atoms with Gasteiger partial charge in [0.05, 0.1) is 0 Å². The van der Waals surface area contributed by atoms with Crippen molar-refractivity contribution in [3.8, 4) is 0 Å². The van der Waals surface area contributed by atoms with Crippen LogP contribution in [0.15, 0.2) is 24.3 Å². The molecule has 0 aliphatic heterocycles. The Kier molecular flexibility index (Phi) is 52.7. The Bertz CT molecular complexity index is 1050. The van der Waals surface area contributed by atoms with Crippen LogP contribution in [0.2, 0.25) is 0 Å². The minimum atomic E-state index is -0.778. The van der Waals surface area contributed by atoms with E-state index in [1.54, 1.807) is 0 Å². The summed E-state index contributed by atoms with van der Waals surface area (Å²) >= 11 is 0. The molecule has 382 valence electrons. The molecule has 0 aliphatic rings. The lowest BCUT2D eigenvalue weighted by Crippen LogP contribution is -2.30. The molecule has 6 heteroatoms. The molecule has 1 atom stereocenters. The highest BCUT2D eigenvalue weighted by atomic mass is 16.6. The van der Waals surface area contributed by atoms with Crippen molar-refractivity contribution in [1.29, 1.82) is 0 Å². The summed E-state index contributed by atoms with van der Waals surface area (Å²) in [4.78, 5) is 38.1. The molecule has 0 fully saturated rings. The molecular weight excluding hydrogens is 805 g/mol. The summed E-state index contributed by atoms with van der Waals surface area (Å²) in [5, 5.41) is 0. The minimum absolute atomic E-state index is 0.0749. The van der Waals surface area contributed by atoms with Crippen molar-refractivity contribution in [2.45, 2.75) is 322 Å². The summed E-state index contributed by atoms with van der Waals surface area (Å²) in [5.41, 5.74) is 0. The van der Waals surface area contributed by atoms with Crippen LogP contribution in [-0.2, 0) is 28.6 Å². The fourth-order valence-electron chi connectivity index (χ4n) is 8.55. The second-order valence-electron chi connectivity index (χ2n) is 19.6. The molecule has 0 bridgehead atoms. The van der Waals surface area contributed by atoms with E-state index in [4.69, 9.17) is 14.2 Å². The number of carbonyl (C=O) groups is 3. The van der Waals surface area contributed by atoms with Crippen molar-refractivity contribution in [2.24, 2.45) is 0 Å². The van der Waals surface area contributed by atoms with Gasteiger partial charge in [-0.05, 0) is 70.6 Å². The Morgan fingerprint density at radius 1 is 0.292 bits per heavy atom. The highest BCUT2D eigenvalue weighted by molar-refractivity contribution is 5.71. The monoisotopic (exact) mass is 915 g/mol. The fraction of sp³-hybridized carbons (Fsp3) is 0.881. The highest BCUT2D eigenvalue weighted by Crippen LogP contribution is 2.16. The van der Waals surface area contributed by atoms with Gasteiger partial charge in [-0.2, -0.15) is 0 Å². The summed E-state index contributed by atoms with van der Waals surface area (Å²) in [5.74, 6) is -0.881. The zero-order valence-electron chi connectivity index (χ0n) is 43.8. The lowest BCUT2D eigenvalue weighted by molar-refractivity contribution is -0.167. The van der Waals surface area contributed by atoms with E-state index in [1.165, 1.54) is 199 Å². The fourth-order valence-corrected chi connectivity index (χ4v) is 8.55. The molecular formula is C59H110O6. The maximum absolute atomic E-state index is 12.8. The molecule has 0 heterocycles. The van der Waals surface area contributed by atoms with E-state index in [-0.39, 0.29) is 31.1 Å². The zero-order valence-corrected chi connectivity index (χ0v) is 43.8. The predicted octanol–water partition coefficient (Wildman–Crippen LogP) is 19.1. The van der Waals surface area contributed by atoms with E-state index in [0.29, 0.717) is 19.3 Å². The third kappa shape index (κ3) is 52.7. The molecule has 0 saturated carbocycles. The lowest BCUT2D eigenvalue weighted by atomic mass is 10.0. The van der Waals surface area contributed by atoms with Gasteiger partial charge in [-0.25, -0.2) is 0 Å². The van der Waals surface area contributed by atoms with E-state index in [1.807, 2.05) is 0 Å². The van der Waals surface area contributed by atoms with Crippen LogP contribution >= 0.6 is 0 Å². The second kappa shape index (κ2) is 54.5. The van der Waals surface area contributed by atoms with E-state index < -0.39 is 6.10 Å². The van der Waals surface area contributed by atoms with Crippen molar-refractivity contribution in [1.82, 2.24) is 0 Å². The molecule has 0 aromatic rings. The topological polar surface area (TPSA) is 78.9 Å². The molecule has 0 N–H and O–H groups in total. The van der Waals surface area contributed by atoms with Gasteiger partial charge in [0.2, 0.25) is 0 Å². The average Bonchev–Trinajstić information content (AvgIpc) is 3.30. The Hall–Kier alpha value is -2.11. The van der Waals surface area contributed by atoms with Gasteiger partial charge in [0.1, 0.15) is 13.2 Å². The number of unbranched alkanes of at least 4 members (excludes halogenated alkanes) is 38. The Balaban J connectivity index is 4.35. The Labute approximate surface area is 404 Å². The molecule has 65 heavy (non-hydrogen) atoms. The number of hydrogen-bond acceptors (Lipinski definition) is 6.